The molecule has 0 unspecified atom stereocenters. The fourth-order valence-electron chi connectivity index (χ4n) is 2.08. The normalized spacial score (nSPS) is 11.3. The highest BCUT2D eigenvalue weighted by molar-refractivity contribution is 4.97. The van der Waals surface area contributed by atoms with Gasteiger partial charge in [-0.3, -0.25) is 0 Å². The molecule has 0 atom stereocenters. The van der Waals surface area contributed by atoms with E-state index in [4.69, 9.17) is 0 Å². The lowest BCUT2D eigenvalue weighted by atomic mass is 10.3. The maximum absolute atomic E-state index is 4.26. The van der Waals surface area contributed by atoms with Crippen molar-refractivity contribution in [3.05, 3.63) is 18.2 Å². The van der Waals surface area contributed by atoms with Gasteiger partial charge in [0.05, 0.1) is 12.0 Å². The van der Waals surface area contributed by atoms with Gasteiger partial charge in [0, 0.05) is 25.8 Å². The summed E-state index contributed by atoms with van der Waals surface area (Å²) in [5.41, 5.74) is 1.29. The van der Waals surface area contributed by atoms with Gasteiger partial charge in [-0.2, -0.15) is 0 Å². The molecule has 0 spiro atoms. The molecule has 1 aromatic heterocycles. The van der Waals surface area contributed by atoms with Gasteiger partial charge in [-0.1, -0.05) is 20.8 Å². The van der Waals surface area contributed by atoms with Crippen molar-refractivity contribution in [2.24, 2.45) is 0 Å². The van der Waals surface area contributed by atoms with Crippen molar-refractivity contribution in [1.29, 1.82) is 0 Å². The highest BCUT2D eigenvalue weighted by atomic mass is 15.2. The van der Waals surface area contributed by atoms with Crippen LogP contribution < -0.4 is 5.32 Å². The van der Waals surface area contributed by atoms with Gasteiger partial charge in [-0.15, -0.1) is 0 Å². The summed E-state index contributed by atoms with van der Waals surface area (Å²) >= 11 is 0. The molecule has 0 fully saturated rings. The topological polar surface area (TPSA) is 33.1 Å². The van der Waals surface area contributed by atoms with Crippen molar-refractivity contribution >= 4 is 0 Å². The number of imidazole rings is 1. The summed E-state index contributed by atoms with van der Waals surface area (Å²) in [7, 11) is 0. The van der Waals surface area contributed by atoms with Crippen LogP contribution in [0.3, 0.4) is 0 Å². The second-order valence-corrected chi connectivity index (χ2v) is 4.69. The molecule has 0 saturated carbocycles. The summed E-state index contributed by atoms with van der Waals surface area (Å²) in [5.74, 6) is 0. The van der Waals surface area contributed by atoms with Gasteiger partial charge in [-0.05, 0) is 32.5 Å². The maximum atomic E-state index is 4.26. The highest BCUT2D eigenvalue weighted by Gasteiger charge is 2.04. The Balaban J connectivity index is 2.39. The third-order valence-electron chi connectivity index (χ3n) is 3.18. The molecular weight excluding hydrogens is 224 g/mol. The van der Waals surface area contributed by atoms with Gasteiger partial charge in [0.1, 0.15) is 0 Å². The molecule has 0 aliphatic heterocycles. The van der Waals surface area contributed by atoms with Crippen molar-refractivity contribution < 1.29 is 0 Å². The van der Waals surface area contributed by atoms with Gasteiger partial charge in [-0.25, -0.2) is 4.98 Å². The van der Waals surface area contributed by atoms with Crippen LogP contribution in [0.4, 0.5) is 0 Å². The van der Waals surface area contributed by atoms with E-state index in [0.29, 0.717) is 0 Å². The van der Waals surface area contributed by atoms with Gasteiger partial charge >= 0.3 is 0 Å². The summed E-state index contributed by atoms with van der Waals surface area (Å²) in [4.78, 5) is 6.74. The van der Waals surface area contributed by atoms with Crippen LogP contribution in [-0.2, 0) is 13.1 Å². The molecule has 4 heteroatoms. The first-order valence-electron chi connectivity index (χ1n) is 7.23. The van der Waals surface area contributed by atoms with E-state index in [1.807, 2.05) is 12.5 Å². The fourth-order valence-corrected chi connectivity index (χ4v) is 2.08. The fraction of sp³-hybridized carbons (Fsp3) is 0.786. The number of aromatic nitrogens is 2. The number of hydrogen-bond donors (Lipinski definition) is 1. The van der Waals surface area contributed by atoms with Gasteiger partial charge < -0.3 is 14.8 Å². The van der Waals surface area contributed by atoms with Gasteiger partial charge in [0.15, 0.2) is 0 Å². The first-order chi connectivity index (χ1) is 8.81. The van der Waals surface area contributed by atoms with E-state index in [1.165, 1.54) is 25.1 Å². The molecule has 1 rings (SSSR count). The molecular formula is C14H28N4. The smallest absolute Gasteiger partial charge is 0.0949 e. The van der Waals surface area contributed by atoms with Gasteiger partial charge in [0.25, 0.3) is 0 Å². The molecule has 0 radical (unpaired) electrons. The molecule has 0 amide bonds. The van der Waals surface area contributed by atoms with Crippen LogP contribution in [0, 0.1) is 0 Å². The SMILES string of the molecule is CCCNCc1cncn1CCN(CC)CCC. The number of hydrogen-bond acceptors (Lipinski definition) is 3. The van der Waals surface area contributed by atoms with Crippen LogP contribution in [-0.4, -0.2) is 40.6 Å². The maximum Gasteiger partial charge on any atom is 0.0949 e. The molecule has 0 aliphatic carbocycles. The number of nitrogens with one attached hydrogen (secondary N) is 1. The predicted octanol–water partition coefficient (Wildman–Crippen LogP) is 2.11. The zero-order chi connectivity index (χ0) is 13.2. The third kappa shape index (κ3) is 5.19. The molecule has 0 bridgehead atoms. The van der Waals surface area contributed by atoms with Crippen LogP contribution in [0.15, 0.2) is 12.5 Å². The lowest BCUT2D eigenvalue weighted by molar-refractivity contribution is 0.275. The molecule has 18 heavy (non-hydrogen) atoms. The van der Waals surface area contributed by atoms with E-state index in [1.54, 1.807) is 0 Å². The summed E-state index contributed by atoms with van der Waals surface area (Å²) < 4.78 is 2.26. The summed E-state index contributed by atoms with van der Waals surface area (Å²) in [6.45, 7) is 13.1. The molecule has 0 saturated heterocycles. The minimum atomic E-state index is 0.924. The van der Waals surface area contributed by atoms with Crippen LogP contribution in [0.5, 0.6) is 0 Å². The number of nitrogens with zero attached hydrogens (tertiary/aromatic N) is 3. The average Bonchev–Trinajstić information content (AvgIpc) is 2.82. The van der Waals surface area contributed by atoms with E-state index >= 15 is 0 Å². The van der Waals surface area contributed by atoms with E-state index in [2.05, 4.69) is 40.5 Å². The first-order valence-corrected chi connectivity index (χ1v) is 7.23. The molecule has 104 valence electrons. The summed E-state index contributed by atoms with van der Waals surface area (Å²) in [6.07, 6.45) is 6.32. The minimum absolute atomic E-state index is 0.924. The molecule has 1 aromatic rings. The zero-order valence-electron chi connectivity index (χ0n) is 12.2. The Morgan fingerprint density at radius 2 is 2.06 bits per heavy atom. The molecule has 4 nitrogen and oxygen atoms in total. The van der Waals surface area contributed by atoms with Crippen molar-refractivity contribution in [1.82, 2.24) is 19.8 Å². The monoisotopic (exact) mass is 252 g/mol. The van der Waals surface area contributed by atoms with Crippen LogP contribution in [0.25, 0.3) is 0 Å². The second kappa shape index (κ2) is 9.11. The summed E-state index contributed by atoms with van der Waals surface area (Å²) in [6, 6.07) is 0. The van der Waals surface area contributed by atoms with Crippen LogP contribution in [0.1, 0.15) is 39.3 Å². The summed E-state index contributed by atoms with van der Waals surface area (Å²) in [5, 5.41) is 3.43. The Bertz CT molecular complexity index is 308. The number of rotatable bonds is 10. The largest absolute Gasteiger partial charge is 0.332 e. The predicted molar refractivity (Wildman–Crippen MR) is 76.6 cm³/mol. The van der Waals surface area contributed by atoms with Crippen molar-refractivity contribution in [2.75, 3.05) is 26.2 Å². The van der Waals surface area contributed by atoms with Crippen molar-refractivity contribution in [3.8, 4) is 0 Å². The van der Waals surface area contributed by atoms with Crippen LogP contribution >= 0.6 is 0 Å². The van der Waals surface area contributed by atoms with Crippen molar-refractivity contribution in [3.63, 3.8) is 0 Å². The van der Waals surface area contributed by atoms with E-state index < -0.39 is 0 Å². The first kappa shape index (κ1) is 15.2. The molecule has 0 aromatic carbocycles. The van der Waals surface area contributed by atoms with E-state index in [-0.39, 0.29) is 0 Å². The third-order valence-corrected chi connectivity index (χ3v) is 3.18. The second-order valence-electron chi connectivity index (χ2n) is 4.69. The van der Waals surface area contributed by atoms with Crippen LogP contribution in [0.2, 0.25) is 0 Å². The number of likely N-dealkylation sites (N-methyl/N-ethyl adjacent to an activating group) is 1. The molecule has 1 heterocycles. The Hall–Kier alpha value is -0.870. The highest BCUT2D eigenvalue weighted by Crippen LogP contribution is 2.01. The quantitative estimate of drug-likeness (QED) is 0.648. The Morgan fingerprint density at radius 3 is 2.72 bits per heavy atom. The van der Waals surface area contributed by atoms with E-state index in [9.17, 15) is 0 Å². The zero-order valence-corrected chi connectivity index (χ0v) is 12.2. The van der Waals surface area contributed by atoms with E-state index in [0.717, 1.165) is 32.7 Å². The Labute approximate surface area is 111 Å². The molecule has 0 aliphatic rings. The minimum Gasteiger partial charge on any atom is -0.332 e. The Morgan fingerprint density at radius 1 is 1.22 bits per heavy atom. The lowest BCUT2D eigenvalue weighted by Crippen LogP contribution is -2.28. The van der Waals surface area contributed by atoms with Crippen molar-refractivity contribution in [2.45, 2.75) is 46.7 Å². The average molecular weight is 252 g/mol. The Kier molecular flexibility index (Phi) is 7.69. The molecule has 1 N–H and O–H groups in total. The lowest BCUT2D eigenvalue weighted by Gasteiger charge is -2.20. The van der Waals surface area contributed by atoms with Gasteiger partial charge in [0.2, 0.25) is 0 Å². The standard InChI is InChI=1S/C14H28N4/c1-4-7-15-11-14-12-16-13-18(14)10-9-17(6-3)8-5-2/h12-13,15H,4-11H2,1-3H3.